The molecule has 3 aromatic rings. The molecule has 2 N–H and O–H groups in total. The molecule has 1 aromatic heterocycles. The Hall–Kier alpha value is -2.33. The maximum atomic E-state index is 13.0. The molecule has 0 fully saturated rings. The predicted octanol–water partition coefficient (Wildman–Crippen LogP) is 2.57. The van der Waals surface area contributed by atoms with E-state index in [4.69, 9.17) is 0 Å². The number of anilines is 1. The van der Waals surface area contributed by atoms with Crippen LogP contribution in [0.3, 0.4) is 0 Å². The zero-order valence-corrected chi connectivity index (χ0v) is 13.8. The van der Waals surface area contributed by atoms with Crippen LogP contribution in [0.2, 0.25) is 0 Å². The number of nitrogens with one attached hydrogen (secondary N) is 2. The Labute approximate surface area is 139 Å². The van der Waals surface area contributed by atoms with Crippen LogP contribution in [-0.2, 0) is 10.0 Å². The molecule has 0 amide bonds. The van der Waals surface area contributed by atoms with Gasteiger partial charge in [0.2, 0.25) is 5.82 Å². The van der Waals surface area contributed by atoms with Gasteiger partial charge in [0.25, 0.3) is 10.0 Å². The highest BCUT2D eigenvalue weighted by molar-refractivity contribution is 9.10. The highest BCUT2D eigenvalue weighted by atomic mass is 79.9. The standard InChI is InChI=1S/C13H9BrFN5O2S/c14-8-1-6-11(13-16-19-20-17-13)12(7-8)18-23(21,22)10-4-2-9(15)3-5-10/h1-7,18H,(H,16,17,19,20). The number of hydrogen-bond acceptors (Lipinski definition) is 5. The molecule has 0 bridgehead atoms. The molecule has 0 aliphatic rings. The van der Waals surface area contributed by atoms with Crippen molar-refractivity contribution < 1.29 is 12.8 Å². The Balaban J connectivity index is 2.02. The van der Waals surface area contributed by atoms with Crippen LogP contribution in [-0.4, -0.2) is 29.0 Å². The van der Waals surface area contributed by atoms with Crippen molar-refractivity contribution in [3.8, 4) is 11.4 Å². The quantitative estimate of drug-likeness (QED) is 0.704. The summed E-state index contributed by atoms with van der Waals surface area (Å²) in [5.41, 5.74) is 0.720. The smallest absolute Gasteiger partial charge is 0.261 e. The summed E-state index contributed by atoms with van der Waals surface area (Å²) in [5, 5.41) is 13.5. The van der Waals surface area contributed by atoms with Gasteiger partial charge in [-0.05, 0) is 47.7 Å². The molecule has 2 aromatic carbocycles. The summed E-state index contributed by atoms with van der Waals surface area (Å²) in [6.07, 6.45) is 0. The van der Waals surface area contributed by atoms with Crippen molar-refractivity contribution in [2.24, 2.45) is 0 Å². The largest absolute Gasteiger partial charge is 0.279 e. The van der Waals surface area contributed by atoms with E-state index in [1.54, 1.807) is 18.2 Å². The fourth-order valence-electron chi connectivity index (χ4n) is 1.89. The van der Waals surface area contributed by atoms with E-state index in [1.165, 1.54) is 12.1 Å². The number of H-pyrrole nitrogens is 1. The van der Waals surface area contributed by atoms with Crippen LogP contribution in [0.4, 0.5) is 10.1 Å². The minimum absolute atomic E-state index is 0.0575. The molecule has 0 atom stereocenters. The maximum absolute atomic E-state index is 13.0. The average molecular weight is 398 g/mol. The normalized spacial score (nSPS) is 11.4. The number of halogens is 2. The number of tetrazole rings is 1. The fraction of sp³-hybridized carbons (Fsp3) is 0. The number of aromatic nitrogens is 4. The van der Waals surface area contributed by atoms with Crippen LogP contribution in [0.5, 0.6) is 0 Å². The minimum Gasteiger partial charge on any atom is -0.279 e. The molecule has 23 heavy (non-hydrogen) atoms. The summed E-state index contributed by atoms with van der Waals surface area (Å²) in [6, 6.07) is 9.48. The third kappa shape index (κ3) is 3.37. The second-order valence-corrected chi connectivity index (χ2v) is 7.08. The molecular formula is C13H9BrFN5O2S. The molecule has 0 unspecified atom stereocenters. The molecule has 1 heterocycles. The molecule has 10 heteroatoms. The highest BCUT2D eigenvalue weighted by Gasteiger charge is 2.18. The molecule has 0 aliphatic heterocycles. The van der Waals surface area contributed by atoms with Crippen molar-refractivity contribution in [1.29, 1.82) is 0 Å². The van der Waals surface area contributed by atoms with Gasteiger partial charge in [-0.2, -0.15) is 5.21 Å². The van der Waals surface area contributed by atoms with Gasteiger partial charge in [-0.1, -0.05) is 15.9 Å². The Kier molecular flexibility index (Phi) is 4.09. The van der Waals surface area contributed by atoms with Crippen LogP contribution in [0.25, 0.3) is 11.4 Å². The van der Waals surface area contributed by atoms with Crippen molar-refractivity contribution in [3.63, 3.8) is 0 Å². The molecule has 3 rings (SSSR count). The van der Waals surface area contributed by atoms with Crippen LogP contribution in [0.1, 0.15) is 0 Å². The van der Waals surface area contributed by atoms with E-state index in [-0.39, 0.29) is 16.4 Å². The first-order valence-electron chi connectivity index (χ1n) is 6.27. The zero-order chi connectivity index (χ0) is 16.4. The topological polar surface area (TPSA) is 101 Å². The van der Waals surface area contributed by atoms with E-state index in [9.17, 15) is 12.8 Å². The van der Waals surface area contributed by atoms with Gasteiger partial charge in [0.15, 0.2) is 0 Å². The molecule has 118 valence electrons. The molecule has 0 saturated carbocycles. The summed E-state index contributed by atoms with van der Waals surface area (Å²) in [5.74, 6) is -0.270. The van der Waals surface area contributed by atoms with Crippen molar-refractivity contribution in [2.45, 2.75) is 4.90 Å². The van der Waals surface area contributed by atoms with Gasteiger partial charge in [0.05, 0.1) is 10.6 Å². The lowest BCUT2D eigenvalue weighted by atomic mass is 10.2. The van der Waals surface area contributed by atoms with Crippen molar-refractivity contribution in [3.05, 3.63) is 52.8 Å². The lowest BCUT2D eigenvalue weighted by Gasteiger charge is -2.11. The summed E-state index contributed by atoms with van der Waals surface area (Å²) >= 11 is 3.28. The summed E-state index contributed by atoms with van der Waals surface area (Å²) < 4.78 is 40.9. The second-order valence-electron chi connectivity index (χ2n) is 4.48. The third-order valence-electron chi connectivity index (χ3n) is 2.94. The van der Waals surface area contributed by atoms with Crippen molar-refractivity contribution in [2.75, 3.05) is 4.72 Å². The molecular weight excluding hydrogens is 389 g/mol. The number of nitrogens with zero attached hydrogens (tertiary/aromatic N) is 3. The number of benzene rings is 2. The van der Waals surface area contributed by atoms with Crippen molar-refractivity contribution >= 4 is 31.6 Å². The SMILES string of the molecule is O=S(=O)(Nc1cc(Br)ccc1-c1nn[nH]n1)c1ccc(F)cc1. The predicted molar refractivity (Wildman–Crippen MR) is 84.5 cm³/mol. The van der Waals surface area contributed by atoms with Gasteiger partial charge in [-0.15, -0.1) is 10.2 Å². The minimum atomic E-state index is -3.88. The summed E-state index contributed by atoms with van der Waals surface area (Å²) in [6.45, 7) is 0. The Morgan fingerprint density at radius 1 is 1.13 bits per heavy atom. The third-order valence-corrected chi connectivity index (χ3v) is 4.81. The van der Waals surface area contributed by atoms with Crippen LogP contribution < -0.4 is 4.72 Å². The van der Waals surface area contributed by atoms with Gasteiger partial charge in [-0.25, -0.2) is 12.8 Å². The lowest BCUT2D eigenvalue weighted by Crippen LogP contribution is -2.13. The van der Waals surface area contributed by atoms with Crippen molar-refractivity contribution in [1.82, 2.24) is 20.6 Å². The first-order chi connectivity index (χ1) is 11.0. The van der Waals surface area contributed by atoms with Gasteiger partial charge in [0.1, 0.15) is 5.82 Å². The van der Waals surface area contributed by atoms with E-state index >= 15 is 0 Å². The molecule has 7 nitrogen and oxygen atoms in total. The first kappa shape index (κ1) is 15.6. The summed E-state index contributed by atoms with van der Waals surface area (Å²) in [7, 11) is -3.88. The monoisotopic (exact) mass is 397 g/mol. The Morgan fingerprint density at radius 3 is 2.52 bits per heavy atom. The van der Waals surface area contributed by atoms with E-state index in [0.717, 1.165) is 12.1 Å². The van der Waals surface area contributed by atoms with E-state index in [2.05, 4.69) is 41.3 Å². The second kappa shape index (κ2) is 6.05. The number of sulfonamides is 1. The van der Waals surface area contributed by atoms with E-state index in [0.29, 0.717) is 10.0 Å². The maximum Gasteiger partial charge on any atom is 0.261 e. The molecule has 0 saturated heterocycles. The van der Waals surface area contributed by atoms with E-state index in [1.807, 2.05) is 0 Å². The number of hydrogen-bond donors (Lipinski definition) is 2. The molecule has 0 spiro atoms. The van der Waals surface area contributed by atoms with Crippen LogP contribution in [0.15, 0.2) is 51.8 Å². The lowest BCUT2D eigenvalue weighted by molar-refractivity contribution is 0.599. The first-order valence-corrected chi connectivity index (χ1v) is 8.55. The molecule has 0 aliphatic carbocycles. The van der Waals surface area contributed by atoms with Crippen LogP contribution >= 0.6 is 15.9 Å². The zero-order valence-electron chi connectivity index (χ0n) is 11.4. The van der Waals surface area contributed by atoms with Gasteiger partial charge in [0, 0.05) is 10.0 Å². The Bertz CT molecular complexity index is 930. The average Bonchev–Trinajstić information content (AvgIpc) is 3.01. The number of aromatic amines is 1. The van der Waals surface area contributed by atoms with Gasteiger partial charge < -0.3 is 0 Å². The molecule has 0 radical (unpaired) electrons. The van der Waals surface area contributed by atoms with Gasteiger partial charge >= 0.3 is 0 Å². The Morgan fingerprint density at radius 2 is 1.87 bits per heavy atom. The van der Waals surface area contributed by atoms with Crippen LogP contribution in [0, 0.1) is 5.82 Å². The fourth-order valence-corrected chi connectivity index (χ4v) is 3.32. The summed E-state index contributed by atoms with van der Waals surface area (Å²) in [4.78, 5) is -0.0575. The number of rotatable bonds is 4. The van der Waals surface area contributed by atoms with Gasteiger partial charge in [-0.3, -0.25) is 4.72 Å². The highest BCUT2D eigenvalue weighted by Crippen LogP contribution is 2.30. The van der Waals surface area contributed by atoms with E-state index < -0.39 is 15.8 Å².